The van der Waals surface area contributed by atoms with E-state index in [-0.39, 0.29) is 22.7 Å². The van der Waals surface area contributed by atoms with Crippen molar-refractivity contribution < 1.29 is 23.8 Å². The molecule has 0 unspecified atom stereocenters. The van der Waals surface area contributed by atoms with Gasteiger partial charge in [-0.2, -0.15) is 0 Å². The highest BCUT2D eigenvalue weighted by Crippen LogP contribution is 2.30. The number of nitrogens with zero attached hydrogens (tertiary/aromatic N) is 2. The van der Waals surface area contributed by atoms with E-state index in [1.807, 2.05) is 0 Å². The summed E-state index contributed by atoms with van der Waals surface area (Å²) in [5.74, 6) is -0.0516. The molecule has 0 spiro atoms. The van der Waals surface area contributed by atoms with Gasteiger partial charge in [0.1, 0.15) is 17.1 Å². The lowest BCUT2D eigenvalue weighted by atomic mass is 10.1. The molecule has 0 aliphatic heterocycles. The lowest BCUT2D eigenvalue weighted by molar-refractivity contribution is -0.385. The van der Waals surface area contributed by atoms with Gasteiger partial charge in [0, 0.05) is 29.8 Å². The molecule has 0 bridgehead atoms. The van der Waals surface area contributed by atoms with Gasteiger partial charge in [0.25, 0.3) is 11.4 Å². The molecule has 3 rings (SSSR count). The molecule has 9 heteroatoms. The molecule has 1 heterocycles. The normalized spacial score (nSPS) is 10.8. The molecule has 0 N–H and O–H groups in total. The second-order valence-electron chi connectivity index (χ2n) is 5.87. The van der Waals surface area contributed by atoms with Crippen molar-refractivity contribution in [2.24, 2.45) is 0 Å². The van der Waals surface area contributed by atoms with Crippen LogP contribution in [0.5, 0.6) is 0 Å². The minimum Gasteiger partial charge on any atom is -0.465 e. The minimum absolute atomic E-state index is 0.0198. The Morgan fingerprint density at radius 3 is 2.00 bits per heavy atom. The average molecular weight is 394 g/mol. The van der Waals surface area contributed by atoms with E-state index in [1.165, 1.54) is 49.6 Å². The zero-order valence-corrected chi connectivity index (χ0v) is 15.1. The third kappa shape index (κ3) is 4.35. The summed E-state index contributed by atoms with van der Waals surface area (Å²) in [5, 5.41) is 21.5. The summed E-state index contributed by atoms with van der Waals surface area (Å²) in [6.45, 7) is 0. The van der Waals surface area contributed by atoms with E-state index in [4.69, 9.17) is 9.15 Å². The number of non-ortho nitro benzene ring substituents is 2. The van der Waals surface area contributed by atoms with Crippen molar-refractivity contribution in [2.75, 3.05) is 7.11 Å². The smallest absolute Gasteiger partial charge is 0.341 e. The van der Waals surface area contributed by atoms with Crippen LogP contribution in [0.3, 0.4) is 0 Å². The highest BCUT2D eigenvalue weighted by Gasteiger charge is 2.20. The Hall–Kier alpha value is -4.27. The van der Waals surface area contributed by atoms with Crippen LogP contribution >= 0.6 is 0 Å². The minimum atomic E-state index is -0.614. The van der Waals surface area contributed by atoms with E-state index in [2.05, 4.69) is 0 Å². The van der Waals surface area contributed by atoms with Gasteiger partial charge in [-0.05, 0) is 42.0 Å². The first-order chi connectivity index (χ1) is 13.9. The number of hydrogen-bond acceptors (Lipinski definition) is 7. The summed E-state index contributed by atoms with van der Waals surface area (Å²) < 4.78 is 10.5. The standard InChI is InChI=1S/C20H14N2O7/c1-28-20(23)18-12-17(11-4-13-2-7-15(8-3-13)21(24)25)29-19(18)14-5-9-16(10-6-14)22(26)27/h2-12H,1H3/b11-4+. The molecule has 9 nitrogen and oxygen atoms in total. The van der Waals surface area contributed by atoms with Crippen LogP contribution < -0.4 is 0 Å². The number of rotatable bonds is 6. The van der Waals surface area contributed by atoms with Gasteiger partial charge in [0.05, 0.1) is 17.0 Å². The van der Waals surface area contributed by atoms with Crippen molar-refractivity contribution in [3.63, 3.8) is 0 Å². The maximum Gasteiger partial charge on any atom is 0.341 e. The van der Waals surface area contributed by atoms with Crippen molar-refractivity contribution in [3.8, 4) is 11.3 Å². The molecule has 29 heavy (non-hydrogen) atoms. The van der Waals surface area contributed by atoms with Crippen molar-refractivity contribution in [2.45, 2.75) is 0 Å². The van der Waals surface area contributed by atoms with Crippen molar-refractivity contribution in [1.29, 1.82) is 0 Å². The predicted octanol–water partition coefficient (Wildman–Crippen LogP) is 4.72. The number of nitro benzene ring substituents is 2. The fourth-order valence-electron chi connectivity index (χ4n) is 2.59. The molecule has 0 radical (unpaired) electrons. The van der Waals surface area contributed by atoms with Gasteiger partial charge in [-0.1, -0.05) is 6.08 Å². The largest absolute Gasteiger partial charge is 0.465 e. The summed E-state index contributed by atoms with van der Waals surface area (Å²) in [4.78, 5) is 32.6. The Balaban J connectivity index is 1.93. The third-order valence-electron chi connectivity index (χ3n) is 4.04. The van der Waals surface area contributed by atoms with Gasteiger partial charge in [-0.25, -0.2) is 4.79 Å². The molecule has 2 aromatic carbocycles. The maximum absolute atomic E-state index is 12.1. The van der Waals surface area contributed by atoms with Crippen molar-refractivity contribution in [3.05, 3.63) is 91.7 Å². The quantitative estimate of drug-likeness (QED) is 0.336. The zero-order valence-electron chi connectivity index (χ0n) is 15.1. The second-order valence-corrected chi connectivity index (χ2v) is 5.87. The van der Waals surface area contributed by atoms with Gasteiger partial charge in [0.2, 0.25) is 0 Å². The highest BCUT2D eigenvalue weighted by atomic mass is 16.6. The maximum atomic E-state index is 12.1. The van der Waals surface area contributed by atoms with Gasteiger partial charge >= 0.3 is 5.97 Å². The molecular formula is C20H14N2O7. The Morgan fingerprint density at radius 2 is 1.48 bits per heavy atom. The van der Waals surface area contributed by atoms with Crippen LogP contribution in [0.2, 0.25) is 0 Å². The Labute approximate surface area is 164 Å². The topological polar surface area (TPSA) is 126 Å². The first kappa shape index (κ1) is 19.5. The number of methoxy groups -OCH3 is 1. The van der Waals surface area contributed by atoms with Crippen LogP contribution in [0.15, 0.2) is 59.0 Å². The van der Waals surface area contributed by atoms with E-state index < -0.39 is 15.8 Å². The van der Waals surface area contributed by atoms with Crippen LogP contribution in [-0.4, -0.2) is 22.9 Å². The van der Waals surface area contributed by atoms with Crippen molar-refractivity contribution >= 4 is 29.5 Å². The van der Waals surface area contributed by atoms with E-state index in [9.17, 15) is 25.0 Å². The lowest BCUT2D eigenvalue weighted by Gasteiger charge is -2.01. The summed E-state index contributed by atoms with van der Waals surface area (Å²) in [5.41, 5.74) is 1.24. The van der Waals surface area contributed by atoms with Crippen LogP contribution in [0.4, 0.5) is 11.4 Å². The van der Waals surface area contributed by atoms with Crippen LogP contribution in [0, 0.1) is 20.2 Å². The highest BCUT2D eigenvalue weighted by molar-refractivity contribution is 5.96. The number of hydrogen-bond donors (Lipinski definition) is 0. The molecule has 0 saturated heterocycles. The molecule has 0 fully saturated rings. The Morgan fingerprint density at radius 1 is 0.931 bits per heavy atom. The first-order valence-electron chi connectivity index (χ1n) is 8.28. The average Bonchev–Trinajstić information content (AvgIpc) is 3.16. The number of benzene rings is 2. The molecule has 3 aromatic rings. The number of furan rings is 1. The molecule has 0 aliphatic rings. The number of carbonyl (C=O) groups excluding carboxylic acids is 1. The summed E-state index contributed by atoms with van der Waals surface area (Å²) in [6.07, 6.45) is 3.27. The molecule has 0 amide bonds. The summed E-state index contributed by atoms with van der Waals surface area (Å²) in [6, 6.07) is 13.0. The van der Waals surface area contributed by atoms with Gasteiger partial charge in [-0.3, -0.25) is 20.2 Å². The van der Waals surface area contributed by atoms with Crippen molar-refractivity contribution in [1.82, 2.24) is 0 Å². The Bertz CT molecular complexity index is 1100. The van der Waals surface area contributed by atoms with Crippen LogP contribution in [0.25, 0.3) is 23.5 Å². The second kappa shape index (κ2) is 8.17. The van der Waals surface area contributed by atoms with E-state index in [0.717, 1.165) is 0 Å². The SMILES string of the molecule is COC(=O)c1cc(/C=C/c2ccc([N+](=O)[O-])cc2)oc1-c1ccc([N+](=O)[O-])cc1. The fourth-order valence-corrected chi connectivity index (χ4v) is 2.59. The van der Waals surface area contributed by atoms with Gasteiger partial charge in [0.15, 0.2) is 0 Å². The van der Waals surface area contributed by atoms with E-state index in [1.54, 1.807) is 24.3 Å². The summed E-state index contributed by atoms with van der Waals surface area (Å²) >= 11 is 0. The number of ether oxygens (including phenoxy) is 1. The molecule has 1 aromatic heterocycles. The first-order valence-corrected chi connectivity index (χ1v) is 8.28. The Kier molecular flexibility index (Phi) is 5.49. The van der Waals surface area contributed by atoms with Crippen LogP contribution in [-0.2, 0) is 4.74 Å². The fraction of sp³-hybridized carbons (Fsp3) is 0.0500. The molecule has 0 atom stereocenters. The number of esters is 1. The monoisotopic (exact) mass is 394 g/mol. The van der Waals surface area contributed by atoms with Gasteiger partial charge < -0.3 is 9.15 Å². The van der Waals surface area contributed by atoms with Gasteiger partial charge in [-0.15, -0.1) is 0 Å². The third-order valence-corrected chi connectivity index (χ3v) is 4.04. The predicted molar refractivity (Wildman–Crippen MR) is 104 cm³/mol. The molecular weight excluding hydrogens is 380 g/mol. The molecule has 146 valence electrons. The molecule has 0 saturated carbocycles. The number of carbonyl (C=O) groups is 1. The number of nitro groups is 2. The van der Waals surface area contributed by atoms with E-state index >= 15 is 0 Å². The van der Waals surface area contributed by atoms with E-state index in [0.29, 0.717) is 16.9 Å². The molecule has 0 aliphatic carbocycles. The zero-order chi connectivity index (χ0) is 21.0. The lowest BCUT2D eigenvalue weighted by Crippen LogP contribution is -2.01. The van der Waals surface area contributed by atoms with Crippen LogP contribution in [0.1, 0.15) is 21.7 Å². The summed E-state index contributed by atoms with van der Waals surface area (Å²) in [7, 11) is 1.24.